The molecule has 0 saturated carbocycles. The van der Waals surface area contributed by atoms with E-state index in [9.17, 15) is 18.8 Å². The summed E-state index contributed by atoms with van der Waals surface area (Å²) in [5.74, 6) is -2.60. The van der Waals surface area contributed by atoms with Crippen LogP contribution in [0.1, 0.15) is 52.2 Å². The highest BCUT2D eigenvalue weighted by molar-refractivity contribution is 7.09. The minimum absolute atomic E-state index is 0.117. The first-order chi connectivity index (χ1) is 15.7. The predicted octanol–water partition coefficient (Wildman–Crippen LogP) is 3.11. The van der Waals surface area contributed by atoms with Crippen LogP contribution in [-0.2, 0) is 4.79 Å². The smallest absolute Gasteiger partial charge is 0.273 e. The van der Waals surface area contributed by atoms with E-state index in [0.717, 1.165) is 11.0 Å². The largest absolute Gasteiger partial charge is 0.467 e. The molecule has 3 rings (SSSR count). The second kappa shape index (κ2) is 10.3. The number of carbonyl (C=O) groups excluding carboxylic acids is 3. The lowest BCUT2D eigenvalue weighted by Crippen LogP contribution is -2.44. The monoisotopic (exact) mass is 473 g/mol. The van der Waals surface area contributed by atoms with Crippen molar-refractivity contribution in [2.45, 2.75) is 26.3 Å². The molecule has 3 amide bonds. The Labute approximate surface area is 193 Å². The molecule has 2 heterocycles. The summed E-state index contributed by atoms with van der Waals surface area (Å²) >= 11 is 0.638. The third-order valence-electron chi connectivity index (χ3n) is 4.83. The number of carbonyl (C=O) groups is 3. The van der Waals surface area contributed by atoms with Crippen molar-refractivity contribution in [3.8, 4) is 0 Å². The third kappa shape index (κ3) is 5.20. The molecule has 0 saturated heterocycles. The molecule has 0 aliphatic heterocycles. The van der Waals surface area contributed by atoms with Crippen LogP contribution in [0, 0.1) is 11.7 Å². The standard InChI is InChI=1S/C22H24FN5O4S/c1-12(2)9-10-26-21(30)18(15-8-5-11-32-15)28(14-7-4-3-6-13(14)23)22(31)19-16(24)17(20(25)29)27-33-19/h3-8,11-12,18H,9-10,24H2,1-2H3,(H2,25,29)(H,26,30)/t18-/m0/s1. The molecule has 11 heteroatoms. The van der Waals surface area contributed by atoms with E-state index in [1.165, 1.54) is 30.5 Å². The fourth-order valence-electron chi connectivity index (χ4n) is 3.15. The van der Waals surface area contributed by atoms with Crippen molar-refractivity contribution in [3.05, 3.63) is 64.8 Å². The summed E-state index contributed by atoms with van der Waals surface area (Å²) in [6.45, 7) is 4.37. The van der Waals surface area contributed by atoms with Crippen LogP contribution in [0.5, 0.6) is 0 Å². The van der Waals surface area contributed by atoms with Crippen LogP contribution < -0.4 is 21.7 Å². The number of hydrogen-bond acceptors (Lipinski definition) is 7. The molecular weight excluding hydrogens is 449 g/mol. The molecule has 0 fully saturated rings. The number of primary amides is 1. The summed E-state index contributed by atoms with van der Waals surface area (Å²) < 4.78 is 24.2. The Kier molecular flexibility index (Phi) is 7.44. The van der Waals surface area contributed by atoms with Gasteiger partial charge in [-0.2, -0.15) is 4.37 Å². The number of halogens is 1. The van der Waals surface area contributed by atoms with Crippen molar-refractivity contribution in [2.24, 2.45) is 11.7 Å². The van der Waals surface area contributed by atoms with Crippen molar-refractivity contribution in [1.29, 1.82) is 0 Å². The molecule has 33 heavy (non-hydrogen) atoms. The fourth-order valence-corrected chi connectivity index (χ4v) is 3.90. The van der Waals surface area contributed by atoms with Gasteiger partial charge in [0.2, 0.25) is 0 Å². The minimum Gasteiger partial charge on any atom is -0.467 e. The fraction of sp³-hybridized carbons (Fsp3) is 0.273. The number of aromatic nitrogens is 1. The molecule has 0 bridgehead atoms. The number of anilines is 2. The Morgan fingerprint density at radius 3 is 2.52 bits per heavy atom. The molecule has 0 spiro atoms. The van der Waals surface area contributed by atoms with E-state index in [4.69, 9.17) is 15.9 Å². The Morgan fingerprint density at radius 2 is 1.94 bits per heavy atom. The van der Waals surface area contributed by atoms with Crippen LogP contribution in [0.15, 0.2) is 47.1 Å². The number of hydrogen-bond donors (Lipinski definition) is 3. The molecule has 0 unspecified atom stereocenters. The van der Waals surface area contributed by atoms with Gasteiger partial charge in [0, 0.05) is 6.54 Å². The van der Waals surface area contributed by atoms with E-state index in [-0.39, 0.29) is 27.7 Å². The molecule has 9 nitrogen and oxygen atoms in total. The average Bonchev–Trinajstić information content (AvgIpc) is 3.41. The number of amides is 3. The molecule has 1 aromatic carbocycles. The van der Waals surface area contributed by atoms with Gasteiger partial charge >= 0.3 is 0 Å². The van der Waals surface area contributed by atoms with Gasteiger partial charge in [0.1, 0.15) is 16.5 Å². The number of benzene rings is 1. The van der Waals surface area contributed by atoms with Gasteiger partial charge in [-0.15, -0.1) is 0 Å². The molecule has 1 atom stereocenters. The van der Waals surface area contributed by atoms with Gasteiger partial charge < -0.3 is 21.2 Å². The third-order valence-corrected chi connectivity index (χ3v) is 5.68. The van der Waals surface area contributed by atoms with Crippen LogP contribution in [0.2, 0.25) is 0 Å². The van der Waals surface area contributed by atoms with E-state index >= 15 is 0 Å². The van der Waals surface area contributed by atoms with Crippen LogP contribution in [0.25, 0.3) is 0 Å². The van der Waals surface area contributed by atoms with Crippen LogP contribution in [0.4, 0.5) is 15.8 Å². The normalized spacial score (nSPS) is 11.9. The van der Waals surface area contributed by atoms with Crippen molar-refractivity contribution in [3.63, 3.8) is 0 Å². The lowest BCUT2D eigenvalue weighted by molar-refractivity contribution is -0.122. The summed E-state index contributed by atoms with van der Waals surface area (Å²) in [5, 5.41) is 2.78. The maximum absolute atomic E-state index is 14.9. The van der Waals surface area contributed by atoms with Crippen molar-refractivity contribution < 1.29 is 23.2 Å². The average molecular weight is 474 g/mol. The van der Waals surface area contributed by atoms with Crippen molar-refractivity contribution in [2.75, 3.05) is 17.2 Å². The molecule has 174 valence electrons. The number of furan rings is 1. The molecule has 0 radical (unpaired) electrons. The van der Waals surface area contributed by atoms with Crippen molar-refractivity contribution in [1.82, 2.24) is 9.69 Å². The Morgan fingerprint density at radius 1 is 1.21 bits per heavy atom. The minimum atomic E-state index is -1.35. The highest BCUT2D eigenvalue weighted by Crippen LogP contribution is 2.34. The molecule has 0 aliphatic rings. The Balaban J connectivity index is 2.12. The Hall–Kier alpha value is -3.73. The maximum Gasteiger partial charge on any atom is 0.273 e. The Bertz CT molecular complexity index is 1150. The van der Waals surface area contributed by atoms with Crippen molar-refractivity contribution >= 4 is 40.6 Å². The first-order valence-electron chi connectivity index (χ1n) is 10.2. The number of para-hydroxylation sites is 1. The van der Waals surface area contributed by atoms with Gasteiger partial charge in [0.05, 0.1) is 17.6 Å². The van der Waals surface area contributed by atoms with E-state index in [2.05, 4.69) is 9.69 Å². The van der Waals surface area contributed by atoms with E-state index < -0.39 is 29.6 Å². The first kappa shape index (κ1) is 23.9. The van der Waals surface area contributed by atoms with Gasteiger partial charge in [0.25, 0.3) is 17.7 Å². The number of nitrogens with one attached hydrogen (secondary N) is 1. The quantitative estimate of drug-likeness (QED) is 0.435. The maximum atomic E-state index is 14.9. The van der Waals surface area contributed by atoms with Crippen LogP contribution in [0.3, 0.4) is 0 Å². The highest BCUT2D eigenvalue weighted by atomic mass is 32.1. The number of nitrogens with zero attached hydrogens (tertiary/aromatic N) is 2. The summed E-state index contributed by atoms with van der Waals surface area (Å²) in [6.07, 6.45) is 2.05. The van der Waals surface area contributed by atoms with E-state index in [0.29, 0.717) is 30.4 Å². The second-order valence-corrected chi connectivity index (χ2v) is 8.43. The van der Waals surface area contributed by atoms with Crippen LogP contribution >= 0.6 is 11.5 Å². The van der Waals surface area contributed by atoms with Gasteiger partial charge in [-0.05, 0) is 48.1 Å². The van der Waals surface area contributed by atoms with E-state index in [1.54, 1.807) is 6.07 Å². The summed E-state index contributed by atoms with van der Waals surface area (Å²) in [5.41, 5.74) is 10.5. The summed E-state index contributed by atoms with van der Waals surface area (Å²) in [4.78, 5) is 39.3. The molecule has 0 aliphatic carbocycles. The molecular formula is C22H24FN5O4S. The zero-order valence-electron chi connectivity index (χ0n) is 18.1. The number of rotatable bonds is 9. The molecule has 5 N–H and O–H groups in total. The van der Waals surface area contributed by atoms with Gasteiger partial charge in [-0.3, -0.25) is 19.3 Å². The lowest BCUT2D eigenvalue weighted by Gasteiger charge is -2.30. The summed E-state index contributed by atoms with van der Waals surface area (Å²) in [6, 6.07) is 7.22. The van der Waals surface area contributed by atoms with Gasteiger partial charge in [-0.25, -0.2) is 4.39 Å². The van der Waals surface area contributed by atoms with Gasteiger partial charge in [0.15, 0.2) is 11.7 Å². The summed E-state index contributed by atoms with van der Waals surface area (Å²) in [7, 11) is 0. The lowest BCUT2D eigenvalue weighted by atomic mass is 10.1. The first-order valence-corrected chi connectivity index (χ1v) is 10.9. The van der Waals surface area contributed by atoms with Gasteiger partial charge in [-0.1, -0.05) is 26.0 Å². The molecule has 3 aromatic rings. The zero-order chi connectivity index (χ0) is 24.1. The number of nitrogens with two attached hydrogens (primary N) is 2. The topological polar surface area (TPSA) is 145 Å². The van der Waals surface area contributed by atoms with Crippen LogP contribution in [-0.4, -0.2) is 28.6 Å². The van der Waals surface area contributed by atoms with E-state index in [1.807, 2.05) is 13.8 Å². The second-order valence-electron chi connectivity index (χ2n) is 7.66. The highest BCUT2D eigenvalue weighted by Gasteiger charge is 2.38. The number of nitrogen functional groups attached to an aromatic ring is 1. The predicted molar refractivity (Wildman–Crippen MR) is 122 cm³/mol. The molecule has 2 aromatic heterocycles. The SMILES string of the molecule is CC(C)CCNC(=O)[C@H](c1ccco1)N(C(=O)c1snc(C(N)=O)c1N)c1ccccc1F. The zero-order valence-corrected chi connectivity index (χ0v) is 18.9.